The molecule has 2 atom stereocenters. The van der Waals surface area contributed by atoms with Gasteiger partial charge in [0, 0.05) is 6.42 Å². The maximum atomic E-state index is 12.4. The zero-order valence-corrected chi connectivity index (χ0v) is 12.9. The molecule has 1 aromatic carbocycles. The number of carbonyl (C=O) groups excluding carboxylic acids is 2. The molecule has 1 heterocycles. The van der Waals surface area contributed by atoms with E-state index in [1.54, 1.807) is 32.9 Å². The molecule has 3 rings (SSSR count). The lowest BCUT2D eigenvalue weighted by atomic mass is 10.0. The van der Waals surface area contributed by atoms with Gasteiger partial charge in [-0.25, -0.2) is 9.69 Å². The van der Waals surface area contributed by atoms with Crippen LogP contribution in [0.25, 0.3) is 0 Å². The van der Waals surface area contributed by atoms with Crippen LogP contribution in [0.3, 0.4) is 0 Å². The van der Waals surface area contributed by atoms with E-state index in [1.807, 2.05) is 6.07 Å². The molecule has 1 fully saturated rings. The average molecular weight is 298 g/mol. The van der Waals surface area contributed by atoms with Gasteiger partial charge in [-0.05, 0) is 50.3 Å². The molecule has 1 aliphatic heterocycles. The van der Waals surface area contributed by atoms with Gasteiger partial charge in [0.15, 0.2) is 0 Å². The lowest BCUT2D eigenvalue weighted by molar-refractivity contribution is -0.128. The third-order valence-electron chi connectivity index (χ3n) is 4.14. The summed E-state index contributed by atoms with van der Waals surface area (Å²) in [7, 11) is 0. The molecule has 2 aliphatic rings. The Kier molecular flexibility index (Phi) is 3.21. The van der Waals surface area contributed by atoms with Gasteiger partial charge in [-0.2, -0.15) is 5.26 Å². The molecule has 0 aromatic heterocycles. The number of hydrogen-bond donors (Lipinski definition) is 0. The van der Waals surface area contributed by atoms with Gasteiger partial charge in [0.25, 0.3) is 0 Å². The van der Waals surface area contributed by atoms with Crippen LogP contribution in [0, 0.1) is 17.2 Å². The highest BCUT2D eigenvalue weighted by Crippen LogP contribution is 2.48. The number of likely N-dealkylation sites (tertiary alicyclic amines) is 1. The van der Waals surface area contributed by atoms with Crippen molar-refractivity contribution in [3.63, 3.8) is 0 Å². The van der Waals surface area contributed by atoms with E-state index in [4.69, 9.17) is 4.74 Å². The Morgan fingerprint density at radius 1 is 1.36 bits per heavy atom. The minimum Gasteiger partial charge on any atom is -0.443 e. The Morgan fingerprint density at radius 3 is 2.73 bits per heavy atom. The third kappa shape index (κ3) is 2.25. The lowest BCUT2D eigenvalue weighted by Crippen LogP contribution is -2.39. The normalized spacial score (nSPS) is 23.0. The Balaban J connectivity index is 1.98. The van der Waals surface area contributed by atoms with Crippen molar-refractivity contribution in [3.8, 4) is 6.07 Å². The number of carbonyl (C=O) groups is 2. The molecule has 0 spiro atoms. The van der Waals surface area contributed by atoms with E-state index in [-0.39, 0.29) is 17.9 Å². The van der Waals surface area contributed by atoms with Gasteiger partial charge in [-0.3, -0.25) is 4.79 Å². The second-order valence-electron chi connectivity index (χ2n) is 6.84. The first kappa shape index (κ1) is 14.6. The van der Waals surface area contributed by atoms with Gasteiger partial charge in [0.2, 0.25) is 5.91 Å². The Hall–Kier alpha value is -2.35. The molecular formula is C17H18N2O3. The van der Waals surface area contributed by atoms with Gasteiger partial charge in [-0.15, -0.1) is 0 Å². The Bertz CT molecular complexity index is 697. The summed E-state index contributed by atoms with van der Waals surface area (Å²) >= 11 is 0. The second-order valence-corrected chi connectivity index (χ2v) is 6.84. The van der Waals surface area contributed by atoms with Crippen LogP contribution in [0.15, 0.2) is 18.2 Å². The van der Waals surface area contributed by atoms with Crippen LogP contribution in [0.2, 0.25) is 0 Å². The van der Waals surface area contributed by atoms with Crippen LogP contribution in [-0.4, -0.2) is 22.5 Å². The van der Waals surface area contributed by atoms with E-state index in [2.05, 4.69) is 6.07 Å². The number of rotatable bonds is 0. The van der Waals surface area contributed by atoms with Crippen LogP contribution in [-0.2, 0) is 16.0 Å². The quantitative estimate of drug-likeness (QED) is 0.738. The summed E-state index contributed by atoms with van der Waals surface area (Å²) < 4.78 is 5.37. The van der Waals surface area contributed by atoms with Gasteiger partial charge in [0.05, 0.1) is 17.7 Å². The van der Waals surface area contributed by atoms with Crippen LogP contribution in [0.5, 0.6) is 0 Å². The van der Waals surface area contributed by atoms with Crippen molar-refractivity contribution in [1.29, 1.82) is 5.26 Å². The summed E-state index contributed by atoms with van der Waals surface area (Å²) in [6, 6.07) is 7.37. The Labute approximate surface area is 129 Å². The van der Waals surface area contributed by atoms with Crippen LogP contribution in [0.1, 0.15) is 49.9 Å². The number of ether oxygens (including phenoxy) is 1. The zero-order valence-electron chi connectivity index (χ0n) is 12.9. The summed E-state index contributed by atoms with van der Waals surface area (Å²) in [5, 5.41) is 9.22. The number of amides is 2. The van der Waals surface area contributed by atoms with Crippen molar-refractivity contribution < 1.29 is 14.3 Å². The summed E-state index contributed by atoms with van der Waals surface area (Å²) in [5.74, 6) is -0.151. The molecular weight excluding hydrogens is 280 g/mol. The fourth-order valence-electron chi connectivity index (χ4n) is 3.38. The van der Waals surface area contributed by atoms with Gasteiger partial charge >= 0.3 is 6.09 Å². The van der Waals surface area contributed by atoms with Crippen molar-refractivity contribution in [2.75, 3.05) is 0 Å². The van der Waals surface area contributed by atoms with Crippen molar-refractivity contribution in [2.24, 2.45) is 5.92 Å². The number of nitriles is 1. The van der Waals surface area contributed by atoms with Crippen molar-refractivity contribution in [1.82, 2.24) is 4.90 Å². The van der Waals surface area contributed by atoms with Gasteiger partial charge in [-0.1, -0.05) is 12.1 Å². The molecule has 22 heavy (non-hydrogen) atoms. The van der Waals surface area contributed by atoms with Crippen LogP contribution >= 0.6 is 0 Å². The maximum absolute atomic E-state index is 12.4. The van der Waals surface area contributed by atoms with E-state index in [0.717, 1.165) is 11.1 Å². The average Bonchev–Trinajstić information content (AvgIpc) is 2.90. The monoisotopic (exact) mass is 298 g/mol. The van der Waals surface area contributed by atoms with E-state index < -0.39 is 11.7 Å². The first-order valence-corrected chi connectivity index (χ1v) is 7.39. The van der Waals surface area contributed by atoms with Crippen molar-refractivity contribution >= 4 is 12.0 Å². The van der Waals surface area contributed by atoms with Crippen LogP contribution < -0.4 is 0 Å². The Morgan fingerprint density at radius 2 is 2.09 bits per heavy atom. The zero-order chi connectivity index (χ0) is 16.1. The molecule has 0 saturated carbocycles. The highest BCUT2D eigenvalue weighted by atomic mass is 16.6. The predicted octanol–water partition coefficient (Wildman–Crippen LogP) is 2.94. The minimum absolute atomic E-state index is 0.0459. The van der Waals surface area contributed by atoms with E-state index in [9.17, 15) is 14.9 Å². The van der Waals surface area contributed by atoms with Crippen LogP contribution in [0.4, 0.5) is 4.79 Å². The summed E-state index contributed by atoms with van der Waals surface area (Å²) in [6.45, 7) is 5.33. The standard InChI is InChI=1S/C17H18N2O3/c1-17(2,3)22-16(21)19-14(20)8-11-7-13-10(9-18)5-4-6-12(13)15(11)19/h4-6,11,15H,7-8H2,1-3H3. The van der Waals surface area contributed by atoms with Crippen molar-refractivity contribution in [3.05, 3.63) is 34.9 Å². The summed E-state index contributed by atoms with van der Waals surface area (Å²) in [6.07, 6.45) is 0.387. The predicted molar refractivity (Wildman–Crippen MR) is 78.8 cm³/mol. The molecule has 0 radical (unpaired) electrons. The first-order chi connectivity index (χ1) is 10.3. The highest BCUT2D eigenvalue weighted by Gasteiger charge is 2.50. The largest absolute Gasteiger partial charge is 0.443 e. The summed E-state index contributed by atoms with van der Waals surface area (Å²) in [4.78, 5) is 25.9. The number of imide groups is 1. The molecule has 0 bridgehead atoms. The lowest BCUT2D eigenvalue weighted by Gasteiger charge is -2.27. The molecule has 5 heteroatoms. The number of fused-ring (bicyclic) bond motifs is 3. The molecule has 1 aromatic rings. The highest BCUT2D eigenvalue weighted by molar-refractivity contribution is 5.95. The van der Waals surface area contributed by atoms with Gasteiger partial charge < -0.3 is 4.74 Å². The smallest absolute Gasteiger partial charge is 0.417 e. The number of benzene rings is 1. The van der Waals surface area contributed by atoms with Gasteiger partial charge in [0.1, 0.15) is 5.60 Å². The molecule has 1 aliphatic carbocycles. The molecule has 2 unspecified atom stereocenters. The van der Waals surface area contributed by atoms with Crippen molar-refractivity contribution in [2.45, 2.75) is 45.3 Å². The van der Waals surface area contributed by atoms with E-state index >= 15 is 0 Å². The topological polar surface area (TPSA) is 70.4 Å². The maximum Gasteiger partial charge on any atom is 0.417 e. The molecule has 5 nitrogen and oxygen atoms in total. The first-order valence-electron chi connectivity index (χ1n) is 7.39. The molecule has 2 amide bonds. The number of nitrogens with zero attached hydrogens (tertiary/aromatic N) is 2. The fourth-order valence-corrected chi connectivity index (χ4v) is 3.38. The summed E-state index contributed by atoms with van der Waals surface area (Å²) in [5.41, 5.74) is 1.84. The second kappa shape index (κ2) is 4.84. The van der Waals surface area contributed by atoms with E-state index in [1.165, 1.54) is 4.90 Å². The SMILES string of the molecule is CC(C)(C)OC(=O)N1C(=O)CC2Cc3c(C#N)cccc3C21. The fraction of sp³-hybridized carbons (Fsp3) is 0.471. The van der Waals surface area contributed by atoms with E-state index in [0.29, 0.717) is 18.4 Å². The molecule has 0 N–H and O–H groups in total. The molecule has 1 saturated heterocycles. The number of hydrogen-bond acceptors (Lipinski definition) is 4. The minimum atomic E-state index is -0.647. The molecule has 114 valence electrons. The third-order valence-corrected chi connectivity index (χ3v) is 4.14.